The summed E-state index contributed by atoms with van der Waals surface area (Å²) >= 11 is 0. The van der Waals surface area contributed by atoms with Crippen molar-refractivity contribution in [3.8, 4) is 34.3 Å². The summed E-state index contributed by atoms with van der Waals surface area (Å²) < 4.78 is 44.9. The highest BCUT2D eigenvalue weighted by Gasteiger charge is 2.19. The number of hydrogen-bond acceptors (Lipinski definition) is 7. The van der Waals surface area contributed by atoms with E-state index in [4.69, 9.17) is 14.0 Å². The van der Waals surface area contributed by atoms with Gasteiger partial charge in [0.1, 0.15) is 13.2 Å². The van der Waals surface area contributed by atoms with E-state index in [1.165, 1.54) is 12.1 Å². The Bertz CT molecular complexity index is 1380. The fourth-order valence-electron chi connectivity index (χ4n) is 3.28. The monoisotopic (exact) mass is 449 g/mol. The van der Waals surface area contributed by atoms with Crippen LogP contribution < -0.4 is 14.2 Å². The van der Waals surface area contributed by atoms with E-state index in [0.717, 1.165) is 11.1 Å². The molecular weight excluding hydrogens is 430 g/mol. The molecule has 5 rings (SSSR count). The molecule has 3 aromatic carbocycles. The highest BCUT2D eigenvalue weighted by molar-refractivity contribution is 7.92. The number of nitrogens with zero attached hydrogens (tertiary/aromatic N) is 2. The molecule has 2 heterocycles. The molecule has 1 N–H and O–H groups in total. The maximum Gasteiger partial charge on any atom is 0.261 e. The molecule has 0 unspecified atom stereocenters. The van der Waals surface area contributed by atoms with Crippen molar-refractivity contribution in [2.75, 3.05) is 17.9 Å². The highest BCUT2D eigenvalue weighted by Crippen LogP contribution is 2.33. The predicted octanol–water partition coefficient (Wildman–Crippen LogP) is 4.28. The molecule has 0 fully saturated rings. The van der Waals surface area contributed by atoms with E-state index < -0.39 is 10.0 Å². The minimum Gasteiger partial charge on any atom is -0.486 e. The lowest BCUT2D eigenvalue weighted by molar-refractivity contribution is 0.171. The van der Waals surface area contributed by atoms with Gasteiger partial charge in [0.15, 0.2) is 11.5 Å². The van der Waals surface area contributed by atoms with Crippen molar-refractivity contribution < 1.29 is 22.4 Å². The number of ether oxygens (including phenoxy) is 2. The molecule has 0 radical (unpaired) electrons. The van der Waals surface area contributed by atoms with E-state index in [-0.39, 0.29) is 10.8 Å². The van der Waals surface area contributed by atoms with Crippen LogP contribution in [0.15, 0.2) is 76.1 Å². The van der Waals surface area contributed by atoms with Crippen LogP contribution in [-0.2, 0) is 10.0 Å². The SMILES string of the molecule is Cc1ccc(-c2noc(-c3cccc(S(=O)(=O)Nc4ccc5c(c4)OCCO5)c3)n2)cc1. The Morgan fingerprint density at radius 2 is 1.66 bits per heavy atom. The molecular formula is C23H19N3O5S. The standard InChI is InChI=1S/C23H19N3O5S/c1-15-5-7-16(8-6-15)22-24-23(31-25-22)17-3-2-4-19(13-17)32(27,28)26-18-9-10-20-21(14-18)30-12-11-29-20/h2-10,13-14,26H,11-12H2,1H3. The van der Waals surface area contributed by atoms with Gasteiger partial charge in [0, 0.05) is 17.2 Å². The summed E-state index contributed by atoms with van der Waals surface area (Å²) in [4.78, 5) is 4.48. The number of fused-ring (bicyclic) bond motifs is 1. The lowest BCUT2D eigenvalue weighted by atomic mass is 10.1. The van der Waals surface area contributed by atoms with Gasteiger partial charge in [-0.2, -0.15) is 4.98 Å². The van der Waals surface area contributed by atoms with Crippen LogP contribution in [0.5, 0.6) is 11.5 Å². The second kappa shape index (κ2) is 8.01. The number of anilines is 1. The van der Waals surface area contributed by atoms with Crippen LogP contribution in [0.4, 0.5) is 5.69 Å². The topological polar surface area (TPSA) is 104 Å². The van der Waals surface area contributed by atoms with Crippen LogP contribution in [0, 0.1) is 6.92 Å². The molecule has 4 aromatic rings. The van der Waals surface area contributed by atoms with Crippen molar-refractivity contribution in [1.29, 1.82) is 0 Å². The summed E-state index contributed by atoms with van der Waals surface area (Å²) in [5, 5.41) is 4.02. The fraction of sp³-hybridized carbons (Fsp3) is 0.130. The van der Waals surface area contributed by atoms with Crippen molar-refractivity contribution in [2.24, 2.45) is 0 Å². The molecule has 1 aromatic heterocycles. The van der Waals surface area contributed by atoms with Crippen LogP contribution >= 0.6 is 0 Å². The van der Waals surface area contributed by atoms with Crippen LogP contribution in [0.2, 0.25) is 0 Å². The van der Waals surface area contributed by atoms with Gasteiger partial charge in [-0.25, -0.2) is 8.42 Å². The summed E-state index contributed by atoms with van der Waals surface area (Å²) in [5.41, 5.74) is 2.82. The first-order valence-corrected chi connectivity index (χ1v) is 11.4. The maximum atomic E-state index is 13.0. The largest absolute Gasteiger partial charge is 0.486 e. The van der Waals surface area contributed by atoms with E-state index in [0.29, 0.717) is 41.8 Å². The van der Waals surface area contributed by atoms with Gasteiger partial charge in [-0.15, -0.1) is 0 Å². The Balaban J connectivity index is 1.40. The van der Waals surface area contributed by atoms with E-state index in [1.807, 2.05) is 31.2 Å². The molecule has 1 aliphatic rings. The molecule has 0 atom stereocenters. The van der Waals surface area contributed by atoms with E-state index in [2.05, 4.69) is 14.9 Å². The van der Waals surface area contributed by atoms with Gasteiger partial charge in [0.25, 0.3) is 15.9 Å². The molecule has 0 saturated carbocycles. The minimum absolute atomic E-state index is 0.0694. The third-order valence-corrected chi connectivity index (χ3v) is 6.30. The lowest BCUT2D eigenvalue weighted by Gasteiger charge is -2.19. The molecule has 8 nitrogen and oxygen atoms in total. The average molecular weight is 449 g/mol. The van der Waals surface area contributed by atoms with Crippen LogP contribution in [0.25, 0.3) is 22.8 Å². The van der Waals surface area contributed by atoms with E-state index >= 15 is 0 Å². The highest BCUT2D eigenvalue weighted by atomic mass is 32.2. The maximum absolute atomic E-state index is 13.0. The van der Waals surface area contributed by atoms with Crippen molar-refractivity contribution in [2.45, 2.75) is 11.8 Å². The van der Waals surface area contributed by atoms with E-state index in [1.54, 1.807) is 30.3 Å². The van der Waals surface area contributed by atoms with Crippen LogP contribution in [0.1, 0.15) is 5.56 Å². The van der Waals surface area contributed by atoms with Crippen molar-refractivity contribution in [3.63, 3.8) is 0 Å². The third kappa shape index (κ3) is 4.02. The second-order valence-electron chi connectivity index (χ2n) is 7.28. The first kappa shape index (κ1) is 20.1. The van der Waals surface area contributed by atoms with Crippen LogP contribution in [0.3, 0.4) is 0 Å². The number of aromatic nitrogens is 2. The quantitative estimate of drug-likeness (QED) is 0.485. The Morgan fingerprint density at radius 3 is 2.47 bits per heavy atom. The summed E-state index contributed by atoms with van der Waals surface area (Å²) in [6.45, 7) is 2.88. The third-order valence-electron chi connectivity index (χ3n) is 4.92. The molecule has 0 saturated heterocycles. The normalized spacial score (nSPS) is 13.0. The van der Waals surface area contributed by atoms with Gasteiger partial charge in [0.2, 0.25) is 5.82 Å². The summed E-state index contributed by atoms with van der Waals surface area (Å²) in [5.74, 6) is 1.75. The number of benzene rings is 3. The predicted molar refractivity (Wildman–Crippen MR) is 118 cm³/mol. The number of nitrogens with one attached hydrogen (secondary N) is 1. The molecule has 0 aliphatic carbocycles. The zero-order valence-corrected chi connectivity index (χ0v) is 17.9. The van der Waals surface area contributed by atoms with Gasteiger partial charge in [0.05, 0.1) is 10.6 Å². The Morgan fingerprint density at radius 1 is 0.875 bits per heavy atom. The first-order chi connectivity index (χ1) is 15.5. The lowest BCUT2D eigenvalue weighted by Crippen LogP contribution is -2.16. The molecule has 9 heteroatoms. The molecule has 0 spiro atoms. The summed E-state index contributed by atoms with van der Waals surface area (Å²) in [6, 6.07) is 19.0. The Hall–Kier alpha value is -3.85. The summed E-state index contributed by atoms with van der Waals surface area (Å²) in [6.07, 6.45) is 0. The Kier molecular flexibility index (Phi) is 5.02. The van der Waals surface area contributed by atoms with Gasteiger partial charge >= 0.3 is 0 Å². The Labute approximate surface area is 184 Å². The van der Waals surface area contributed by atoms with Gasteiger partial charge < -0.3 is 14.0 Å². The van der Waals surface area contributed by atoms with Crippen molar-refractivity contribution in [3.05, 3.63) is 72.3 Å². The number of hydrogen-bond donors (Lipinski definition) is 1. The number of sulfonamides is 1. The van der Waals surface area contributed by atoms with Gasteiger partial charge in [-0.1, -0.05) is 41.1 Å². The molecule has 0 bridgehead atoms. The number of rotatable bonds is 5. The van der Waals surface area contributed by atoms with Crippen molar-refractivity contribution in [1.82, 2.24) is 10.1 Å². The molecule has 162 valence electrons. The second-order valence-corrected chi connectivity index (χ2v) is 8.96. The van der Waals surface area contributed by atoms with Gasteiger partial charge in [-0.3, -0.25) is 4.72 Å². The van der Waals surface area contributed by atoms with Crippen LogP contribution in [-0.4, -0.2) is 31.8 Å². The van der Waals surface area contributed by atoms with Crippen molar-refractivity contribution >= 4 is 15.7 Å². The zero-order chi connectivity index (χ0) is 22.1. The fourth-order valence-corrected chi connectivity index (χ4v) is 4.37. The minimum atomic E-state index is -3.86. The smallest absolute Gasteiger partial charge is 0.261 e. The molecule has 1 aliphatic heterocycles. The zero-order valence-electron chi connectivity index (χ0n) is 17.1. The first-order valence-electron chi connectivity index (χ1n) is 9.92. The number of aryl methyl sites for hydroxylation is 1. The summed E-state index contributed by atoms with van der Waals surface area (Å²) in [7, 11) is -3.86. The molecule has 32 heavy (non-hydrogen) atoms. The van der Waals surface area contributed by atoms with Gasteiger partial charge in [-0.05, 0) is 37.3 Å². The molecule has 0 amide bonds. The average Bonchev–Trinajstić information content (AvgIpc) is 3.30. The van der Waals surface area contributed by atoms with E-state index in [9.17, 15) is 8.42 Å².